The molecule has 2 rings (SSSR count). The molecule has 0 unspecified atom stereocenters. The number of methoxy groups -OCH3 is 3. The van der Waals surface area contributed by atoms with E-state index in [-0.39, 0.29) is 45.0 Å². The van der Waals surface area contributed by atoms with Gasteiger partial charge in [0.05, 0.1) is 49.1 Å². The van der Waals surface area contributed by atoms with E-state index in [4.69, 9.17) is 25.8 Å². The van der Waals surface area contributed by atoms with E-state index in [0.717, 1.165) is 0 Å². The van der Waals surface area contributed by atoms with Gasteiger partial charge in [-0.05, 0) is 44.2 Å². The van der Waals surface area contributed by atoms with E-state index in [1.54, 1.807) is 0 Å². The minimum atomic E-state index is -0.829. The van der Waals surface area contributed by atoms with Crippen molar-refractivity contribution in [3.8, 4) is 11.5 Å². The first-order chi connectivity index (χ1) is 16.1. The highest BCUT2D eigenvalue weighted by atomic mass is 35.5. The van der Waals surface area contributed by atoms with Crippen molar-refractivity contribution in [2.24, 2.45) is 0 Å². The van der Waals surface area contributed by atoms with Gasteiger partial charge in [-0.1, -0.05) is 11.6 Å². The molecule has 2 aromatic carbocycles. The van der Waals surface area contributed by atoms with E-state index in [1.807, 2.05) is 13.8 Å². The molecule has 0 bridgehead atoms. The zero-order valence-electron chi connectivity index (χ0n) is 19.2. The lowest BCUT2D eigenvalue weighted by molar-refractivity contribution is -0.119. The van der Waals surface area contributed by atoms with Gasteiger partial charge in [-0.25, -0.2) is 14.4 Å². The van der Waals surface area contributed by atoms with Crippen LogP contribution in [0, 0.1) is 0 Å². The summed E-state index contributed by atoms with van der Waals surface area (Å²) < 4.78 is 25.2. The molecule has 0 fully saturated rings. The van der Waals surface area contributed by atoms with Crippen LogP contribution in [0.4, 0.5) is 5.69 Å². The maximum absolute atomic E-state index is 12.4. The highest BCUT2D eigenvalue weighted by molar-refractivity contribution is 6.32. The molecule has 0 saturated carbocycles. The van der Waals surface area contributed by atoms with Crippen molar-refractivity contribution in [1.82, 2.24) is 0 Å². The fourth-order valence-corrected chi connectivity index (χ4v) is 3.03. The number of amides is 1. The van der Waals surface area contributed by atoms with Crippen LogP contribution in [-0.2, 0) is 19.0 Å². The first-order valence-corrected chi connectivity index (χ1v) is 10.3. The van der Waals surface area contributed by atoms with Gasteiger partial charge < -0.3 is 29.0 Å². The average Bonchev–Trinajstić information content (AvgIpc) is 2.81. The molecule has 0 radical (unpaired) electrons. The lowest BCUT2D eigenvalue weighted by Crippen LogP contribution is -2.21. The Labute approximate surface area is 201 Å². The van der Waals surface area contributed by atoms with Crippen LogP contribution in [-0.4, -0.2) is 57.9 Å². The summed E-state index contributed by atoms with van der Waals surface area (Å²) in [6.45, 7) is 2.97. The number of anilines is 1. The zero-order chi connectivity index (χ0) is 25.4. The fraction of sp³-hybridized carbons (Fsp3) is 0.304. The third-order valence-electron chi connectivity index (χ3n) is 4.21. The maximum Gasteiger partial charge on any atom is 0.338 e. The summed E-state index contributed by atoms with van der Waals surface area (Å²) in [7, 11) is 3.74. The second-order valence-corrected chi connectivity index (χ2v) is 7.47. The Bertz CT molecular complexity index is 1060. The van der Waals surface area contributed by atoms with Crippen molar-refractivity contribution in [3.63, 3.8) is 0 Å². The number of ether oxygens (including phenoxy) is 5. The van der Waals surface area contributed by atoms with Crippen LogP contribution in [0.3, 0.4) is 0 Å². The van der Waals surface area contributed by atoms with Crippen molar-refractivity contribution in [3.05, 3.63) is 52.0 Å². The van der Waals surface area contributed by atoms with Crippen LogP contribution in [0.2, 0.25) is 5.02 Å². The van der Waals surface area contributed by atoms with Crippen molar-refractivity contribution in [1.29, 1.82) is 0 Å². The average molecular weight is 494 g/mol. The number of nitrogens with one attached hydrogen (secondary N) is 1. The minimum absolute atomic E-state index is 0.0168. The number of hydrogen-bond donors (Lipinski definition) is 1. The third kappa shape index (κ3) is 6.85. The molecular weight excluding hydrogens is 470 g/mol. The molecule has 11 heteroatoms. The molecule has 34 heavy (non-hydrogen) atoms. The Hall–Kier alpha value is -3.79. The van der Waals surface area contributed by atoms with E-state index in [1.165, 1.54) is 51.7 Å². The Morgan fingerprint density at radius 3 is 1.91 bits per heavy atom. The summed E-state index contributed by atoms with van der Waals surface area (Å²) in [5.41, 5.74) is 0.182. The van der Waals surface area contributed by atoms with E-state index in [9.17, 15) is 19.2 Å². The summed E-state index contributed by atoms with van der Waals surface area (Å²) in [6, 6.07) is 6.58. The third-order valence-corrected chi connectivity index (χ3v) is 4.49. The SMILES string of the molecule is COC(=O)c1cc(NC(=O)COC(=O)c2cc(Cl)c(OC(C)C)c(OC)c2)cc(C(=O)OC)c1. The van der Waals surface area contributed by atoms with E-state index in [0.29, 0.717) is 0 Å². The first kappa shape index (κ1) is 26.5. The van der Waals surface area contributed by atoms with E-state index < -0.39 is 30.4 Å². The summed E-state index contributed by atoms with van der Waals surface area (Å²) in [5, 5.41) is 2.59. The molecule has 0 atom stereocenters. The van der Waals surface area contributed by atoms with Gasteiger partial charge in [-0.15, -0.1) is 0 Å². The topological polar surface area (TPSA) is 126 Å². The zero-order valence-corrected chi connectivity index (χ0v) is 20.0. The van der Waals surface area contributed by atoms with Crippen molar-refractivity contribution in [2.45, 2.75) is 20.0 Å². The monoisotopic (exact) mass is 493 g/mol. The normalized spacial score (nSPS) is 10.3. The Balaban J connectivity index is 2.13. The summed E-state index contributed by atoms with van der Waals surface area (Å²) in [6.07, 6.45) is -0.176. The van der Waals surface area contributed by atoms with Crippen LogP contribution in [0.25, 0.3) is 0 Å². The minimum Gasteiger partial charge on any atom is -0.493 e. The largest absolute Gasteiger partial charge is 0.493 e. The molecule has 0 saturated heterocycles. The van der Waals surface area contributed by atoms with E-state index >= 15 is 0 Å². The van der Waals surface area contributed by atoms with Crippen LogP contribution in [0.15, 0.2) is 30.3 Å². The van der Waals surface area contributed by atoms with E-state index in [2.05, 4.69) is 14.8 Å². The predicted molar refractivity (Wildman–Crippen MR) is 122 cm³/mol. The van der Waals surface area contributed by atoms with Crippen LogP contribution < -0.4 is 14.8 Å². The molecule has 0 aromatic heterocycles. The van der Waals surface area contributed by atoms with Crippen molar-refractivity contribution >= 4 is 41.1 Å². The quantitative estimate of drug-likeness (QED) is 0.412. The van der Waals surface area contributed by atoms with Gasteiger partial charge in [0, 0.05) is 5.69 Å². The van der Waals surface area contributed by atoms with Crippen molar-refractivity contribution in [2.75, 3.05) is 33.3 Å². The number of carbonyl (C=O) groups excluding carboxylic acids is 4. The summed E-state index contributed by atoms with van der Waals surface area (Å²) in [5.74, 6) is -2.48. The van der Waals surface area contributed by atoms with Gasteiger partial charge in [0.2, 0.25) is 0 Å². The molecule has 0 heterocycles. The predicted octanol–water partition coefficient (Wildman–Crippen LogP) is 3.50. The molecule has 1 N–H and O–H groups in total. The Morgan fingerprint density at radius 2 is 1.41 bits per heavy atom. The first-order valence-electron chi connectivity index (χ1n) is 9.92. The molecule has 10 nitrogen and oxygen atoms in total. The summed E-state index contributed by atoms with van der Waals surface area (Å²) in [4.78, 5) is 48.5. The van der Waals surface area contributed by atoms with Gasteiger partial charge in [0.1, 0.15) is 0 Å². The molecule has 2 aromatic rings. The number of carbonyl (C=O) groups is 4. The smallest absolute Gasteiger partial charge is 0.338 e. The van der Waals surface area contributed by atoms with Gasteiger partial charge in [-0.2, -0.15) is 0 Å². The van der Waals surface area contributed by atoms with Gasteiger partial charge in [-0.3, -0.25) is 4.79 Å². The highest BCUT2D eigenvalue weighted by Gasteiger charge is 2.19. The lowest BCUT2D eigenvalue weighted by Gasteiger charge is -2.16. The highest BCUT2D eigenvalue weighted by Crippen LogP contribution is 2.37. The van der Waals surface area contributed by atoms with Crippen LogP contribution in [0.1, 0.15) is 44.9 Å². The number of halogens is 1. The van der Waals surface area contributed by atoms with Crippen molar-refractivity contribution < 1.29 is 42.9 Å². The molecule has 182 valence electrons. The second-order valence-electron chi connectivity index (χ2n) is 7.06. The Morgan fingerprint density at radius 1 is 0.853 bits per heavy atom. The molecule has 0 aliphatic carbocycles. The number of hydrogen-bond acceptors (Lipinski definition) is 9. The molecule has 0 spiro atoms. The maximum atomic E-state index is 12.4. The molecular formula is C23H24ClNO9. The van der Waals surface area contributed by atoms with Crippen LogP contribution in [0.5, 0.6) is 11.5 Å². The fourth-order valence-electron chi connectivity index (χ4n) is 2.77. The number of esters is 3. The molecule has 0 aliphatic rings. The summed E-state index contributed by atoms with van der Waals surface area (Å²) >= 11 is 6.21. The lowest BCUT2D eigenvalue weighted by atomic mass is 10.1. The Kier molecular flexibility index (Phi) is 9.26. The van der Waals surface area contributed by atoms with Gasteiger partial charge in [0.15, 0.2) is 18.1 Å². The van der Waals surface area contributed by atoms with Gasteiger partial charge in [0.25, 0.3) is 5.91 Å². The molecule has 0 aliphatic heterocycles. The number of rotatable bonds is 9. The standard InChI is InChI=1S/C23H24ClNO9/c1-12(2)34-20-17(24)9-15(10-18(20)30-3)23(29)33-11-19(26)25-16-7-13(21(27)31-4)6-14(8-16)22(28)32-5/h6-10,12H,11H2,1-5H3,(H,25,26). The van der Waals surface area contributed by atoms with Crippen LogP contribution >= 0.6 is 11.6 Å². The molecule has 1 amide bonds. The second kappa shape index (κ2) is 11.9. The number of benzene rings is 2. The van der Waals surface area contributed by atoms with Gasteiger partial charge >= 0.3 is 17.9 Å².